The highest BCUT2D eigenvalue weighted by molar-refractivity contribution is 5.87. The number of amides is 1. The van der Waals surface area contributed by atoms with E-state index in [-0.39, 0.29) is 13.2 Å². The first-order valence-corrected chi connectivity index (χ1v) is 7.87. The van der Waals surface area contributed by atoms with Crippen LogP contribution in [0.25, 0.3) is 0 Å². The number of ether oxygens (including phenoxy) is 1. The first-order valence-electron chi connectivity index (χ1n) is 7.87. The summed E-state index contributed by atoms with van der Waals surface area (Å²) < 4.78 is 5.27. The molecule has 0 aliphatic carbocycles. The van der Waals surface area contributed by atoms with E-state index in [0.29, 0.717) is 12.2 Å². The molecular weight excluding hydrogens is 310 g/mol. The minimum absolute atomic E-state index is 0.0305. The predicted octanol–water partition coefficient (Wildman–Crippen LogP) is 2.27. The third-order valence-corrected chi connectivity index (χ3v) is 3.32. The number of carbonyl (C=O) groups excluding carboxylic acids is 1. The van der Waals surface area contributed by atoms with Crippen molar-refractivity contribution in [2.45, 2.75) is 32.3 Å². The summed E-state index contributed by atoms with van der Waals surface area (Å²) in [6.07, 6.45) is 6.69. The summed E-state index contributed by atoms with van der Waals surface area (Å²) in [7, 11) is 0. The van der Waals surface area contributed by atoms with Crippen LogP contribution in [0, 0.1) is 0 Å². The van der Waals surface area contributed by atoms with Gasteiger partial charge in [-0.3, -0.25) is 10.0 Å². The Morgan fingerprint density at radius 3 is 2.67 bits per heavy atom. The standard InChI is InChI=1S/C18H25NO5/c1-14(13-18(22)19-23)5-3-2-4-6-17(21)15-7-9-16(10-8-15)24-12-11-20/h3,5,7-10,13,17,20-21,23H,2,4,6,11-12H2,1H3,(H,19,22)/b5-3+,14-13+/t17-/m0/s1. The van der Waals surface area contributed by atoms with Crippen LogP contribution < -0.4 is 10.2 Å². The van der Waals surface area contributed by atoms with Gasteiger partial charge in [0.05, 0.1) is 12.7 Å². The van der Waals surface area contributed by atoms with Crippen molar-refractivity contribution in [2.24, 2.45) is 0 Å². The lowest BCUT2D eigenvalue weighted by molar-refractivity contribution is -0.124. The van der Waals surface area contributed by atoms with E-state index < -0.39 is 12.0 Å². The summed E-state index contributed by atoms with van der Waals surface area (Å²) in [4.78, 5) is 10.9. The van der Waals surface area contributed by atoms with Crippen molar-refractivity contribution in [1.82, 2.24) is 5.48 Å². The molecule has 1 rings (SSSR count). The van der Waals surface area contributed by atoms with Crippen LogP contribution in [-0.2, 0) is 4.79 Å². The van der Waals surface area contributed by atoms with Crippen LogP contribution in [0.4, 0.5) is 0 Å². The van der Waals surface area contributed by atoms with Gasteiger partial charge in [-0.05, 0) is 49.5 Å². The van der Waals surface area contributed by atoms with Crippen molar-refractivity contribution in [3.8, 4) is 5.75 Å². The molecule has 132 valence electrons. The van der Waals surface area contributed by atoms with E-state index in [9.17, 15) is 9.90 Å². The number of hydroxylamine groups is 1. The predicted molar refractivity (Wildman–Crippen MR) is 90.7 cm³/mol. The second-order valence-corrected chi connectivity index (χ2v) is 5.35. The van der Waals surface area contributed by atoms with Crippen LogP contribution in [0.3, 0.4) is 0 Å². The van der Waals surface area contributed by atoms with E-state index in [2.05, 4.69) is 0 Å². The Labute approximate surface area is 142 Å². The lowest BCUT2D eigenvalue weighted by Crippen LogP contribution is -2.15. The Morgan fingerprint density at radius 1 is 1.33 bits per heavy atom. The quantitative estimate of drug-likeness (QED) is 0.173. The van der Waals surface area contributed by atoms with Gasteiger partial charge in [-0.25, -0.2) is 5.48 Å². The number of nitrogens with one attached hydrogen (secondary N) is 1. The maximum Gasteiger partial charge on any atom is 0.267 e. The van der Waals surface area contributed by atoms with Crippen molar-refractivity contribution in [2.75, 3.05) is 13.2 Å². The van der Waals surface area contributed by atoms with Crippen molar-refractivity contribution in [1.29, 1.82) is 0 Å². The summed E-state index contributed by atoms with van der Waals surface area (Å²) in [5.74, 6) is 0.107. The summed E-state index contributed by atoms with van der Waals surface area (Å²) in [6.45, 7) is 1.99. The van der Waals surface area contributed by atoms with Gasteiger partial charge in [0, 0.05) is 6.08 Å². The van der Waals surface area contributed by atoms with Crippen molar-refractivity contribution < 1.29 is 25.0 Å². The first-order chi connectivity index (χ1) is 11.6. The minimum atomic E-state index is -0.556. The van der Waals surface area contributed by atoms with Gasteiger partial charge in [-0.15, -0.1) is 0 Å². The van der Waals surface area contributed by atoms with Crippen molar-refractivity contribution >= 4 is 5.91 Å². The molecular formula is C18H25NO5. The molecule has 4 N–H and O–H groups in total. The molecule has 0 bridgehead atoms. The molecule has 0 spiro atoms. The summed E-state index contributed by atoms with van der Waals surface area (Å²) in [6, 6.07) is 7.17. The Bertz CT molecular complexity index is 551. The van der Waals surface area contributed by atoms with Crippen LogP contribution in [0.15, 0.2) is 48.1 Å². The molecule has 1 amide bonds. The van der Waals surface area contributed by atoms with Gasteiger partial charge < -0.3 is 14.9 Å². The molecule has 1 aromatic carbocycles. The number of hydrogen-bond donors (Lipinski definition) is 4. The highest BCUT2D eigenvalue weighted by Gasteiger charge is 2.06. The lowest BCUT2D eigenvalue weighted by Gasteiger charge is -2.11. The molecule has 0 saturated heterocycles. The number of unbranched alkanes of at least 4 members (excludes halogenated alkanes) is 1. The number of hydrogen-bond acceptors (Lipinski definition) is 5. The SMILES string of the molecule is CC(/C=C/CCC[C@H](O)c1ccc(OCCO)cc1)=C\C(=O)NO. The van der Waals surface area contributed by atoms with E-state index in [1.54, 1.807) is 30.6 Å². The molecule has 1 atom stereocenters. The molecule has 0 aliphatic heterocycles. The van der Waals surface area contributed by atoms with Gasteiger partial charge in [0.15, 0.2) is 0 Å². The van der Waals surface area contributed by atoms with Gasteiger partial charge in [-0.1, -0.05) is 24.3 Å². The van der Waals surface area contributed by atoms with E-state index >= 15 is 0 Å². The van der Waals surface area contributed by atoms with E-state index in [1.807, 2.05) is 18.2 Å². The van der Waals surface area contributed by atoms with Crippen LogP contribution in [0.5, 0.6) is 5.75 Å². The Balaban J connectivity index is 2.34. The average Bonchev–Trinajstić information content (AvgIpc) is 2.59. The van der Waals surface area contributed by atoms with Crippen LogP contribution in [0.1, 0.15) is 37.9 Å². The number of aliphatic hydroxyl groups excluding tert-OH is 2. The number of benzene rings is 1. The Hall–Kier alpha value is -2.15. The van der Waals surface area contributed by atoms with Crippen molar-refractivity contribution in [3.63, 3.8) is 0 Å². The van der Waals surface area contributed by atoms with Gasteiger partial charge in [0.2, 0.25) is 0 Å². The maximum absolute atomic E-state index is 10.9. The normalized spacial score (nSPS) is 13.1. The topological polar surface area (TPSA) is 99.0 Å². The zero-order chi connectivity index (χ0) is 17.8. The van der Waals surface area contributed by atoms with Crippen LogP contribution in [-0.4, -0.2) is 34.5 Å². The number of rotatable bonds is 10. The van der Waals surface area contributed by atoms with E-state index in [4.69, 9.17) is 15.1 Å². The second kappa shape index (κ2) is 11.4. The third kappa shape index (κ3) is 7.92. The first kappa shape index (κ1) is 19.9. The molecule has 24 heavy (non-hydrogen) atoms. The van der Waals surface area contributed by atoms with Gasteiger partial charge >= 0.3 is 0 Å². The number of aliphatic hydroxyl groups is 2. The molecule has 0 fully saturated rings. The zero-order valence-corrected chi connectivity index (χ0v) is 13.8. The van der Waals surface area contributed by atoms with Crippen LogP contribution in [0.2, 0.25) is 0 Å². The summed E-state index contributed by atoms with van der Waals surface area (Å²) in [5.41, 5.74) is 3.10. The Kier molecular flexibility index (Phi) is 9.45. The molecule has 0 unspecified atom stereocenters. The number of carbonyl (C=O) groups is 1. The molecule has 0 aliphatic rings. The highest BCUT2D eigenvalue weighted by atomic mass is 16.5. The van der Waals surface area contributed by atoms with E-state index in [1.165, 1.54) is 6.08 Å². The number of allylic oxidation sites excluding steroid dienone is 3. The summed E-state index contributed by atoms with van der Waals surface area (Å²) >= 11 is 0. The second-order valence-electron chi connectivity index (χ2n) is 5.35. The largest absolute Gasteiger partial charge is 0.491 e. The van der Waals surface area contributed by atoms with Gasteiger partial charge in [-0.2, -0.15) is 0 Å². The monoisotopic (exact) mass is 335 g/mol. The lowest BCUT2D eigenvalue weighted by atomic mass is 10.0. The molecule has 1 aromatic rings. The molecule has 0 radical (unpaired) electrons. The van der Waals surface area contributed by atoms with Crippen molar-refractivity contribution in [3.05, 3.63) is 53.6 Å². The molecule has 0 saturated carbocycles. The highest BCUT2D eigenvalue weighted by Crippen LogP contribution is 2.22. The van der Waals surface area contributed by atoms with Gasteiger partial charge in [0.25, 0.3) is 5.91 Å². The maximum atomic E-state index is 10.9. The smallest absolute Gasteiger partial charge is 0.267 e. The van der Waals surface area contributed by atoms with E-state index in [0.717, 1.165) is 24.0 Å². The fraction of sp³-hybridized carbons (Fsp3) is 0.389. The molecule has 6 heteroatoms. The third-order valence-electron chi connectivity index (χ3n) is 3.32. The van der Waals surface area contributed by atoms with Gasteiger partial charge in [0.1, 0.15) is 12.4 Å². The average molecular weight is 335 g/mol. The Morgan fingerprint density at radius 2 is 2.04 bits per heavy atom. The molecule has 0 heterocycles. The fourth-order valence-electron chi connectivity index (χ4n) is 2.10. The fourth-order valence-corrected chi connectivity index (χ4v) is 2.10. The molecule has 6 nitrogen and oxygen atoms in total. The molecule has 0 aromatic heterocycles. The zero-order valence-electron chi connectivity index (χ0n) is 13.8. The minimum Gasteiger partial charge on any atom is -0.491 e. The van der Waals surface area contributed by atoms with Crippen LogP contribution >= 0.6 is 0 Å². The summed E-state index contributed by atoms with van der Waals surface area (Å²) in [5, 5.41) is 27.3.